The minimum Gasteiger partial charge on any atom is -0.480 e. The SMILES string of the molecule is O=C(Nc1cccc(C(=O)N2CCC(c3nc(-c4ccccc4)no3)CC2)c1)C1Cc2ccccc2O1. The van der Waals surface area contributed by atoms with Gasteiger partial charge >= 0.3 is 0 Å². The first kappa shape index (κ1) is 23.0. The van der Waals surface area contributed by atoms with E-state index in [1.165, 1.54) is 0 Å². The molecule has 1 aromatic heterocycles. The van der Waals surface area contributed by atoms with E-state index in [4.69, 9.17) is 9.26 Å². The van der Waals surface area contributed by atoms with Crippen molar-refractivity contribution in [2.24, 2.45) is 0 Å². The number of carbonyl (C=O) groups excluding carboxylic acids is 2. The number of nitrogens with zero attached hydrogens (tertiary/aromatic N) is 3. The van der Waals surface area contributed by atoms with E-state index in [1.807, 2.05) is 59.5 Å². The summed E-state index contributed by atoms with van der Waals surface area (Å²) in [6, 6.07) is 24.4. The third-order valence-electron chi connectivity index (χ3n) is 6.92. The molecule has 1 N–H and O–H groups in total. The van der Waals surface area contributed by atoms with Crippen LogP contribution in [0, 0.1) is 0 Å². The Hall–Kier alpha value is -4.46. The molecular weight excluding hydrogens is 468 g/mol. The van der Waals surface area contributed by atoms with Gasteiger partial charge in [0.1, 0.15) is 5.75 Å². The number of likely N-dealkylation sites (tertiary alicyclic amines) is 1. The Morgan fingerprint density at radius 3 is 2.51 bits per heavy atom. The topological polar surface area (TPSA) is 97.6 Å². The average molecular weight is 495 g/mol. The minimum absolute atomic E-state index is 0.0606. The largest absolute Gasteiger partial charge is 0.480 e. The predicted octanol–water partition coefficient (Wildman–Crippen LogP) is 4.70. The summed E-state index contributed by atoms with van der Waals surface area (Å²) >= 11 is 0. The van der Waals surface area contributed by atoms with Crippen LogP contribution in [-0.2, 0) is 11.2 Å². The molecule has 0 radical (unpaired) electrons. The maximum atomic E-state index is 13.2. The molecule has 186 valence electrons. The van der Waals surface area contributed by atoms with Gasteiger partial charge in [-0.25, -0.2) is 0 Å². The van der Waals surface area contributed by atoms with Gasteiger partial charge in [-0.3, -0.25) is 9.59 Å². The van der Waals surface area contributed by atoms with Gasteiger partial charge in [0.2, 0.25) is 11.7 Å². The van der Waals surface area contributed by atoms with Crippen molar-refractivity contribution in [3.63, 3.8) is 0 Å². The summed E-state index contributed by atoms with van der Waals surface area (Å²) in [4.78, 5) is 32.4. The number of rotatable bonds is 5. The monoisotopic (exact) mass is 494 g/mol. The van der Waals surface area contributed by atoms with E-state index >= 15 is 0 Å². The summed E-state index contributed by atoms with van der Waals surface area (Å²) in [6.45, 7) is 1.19. The average Bonchev–Trinajstić information content (AvgIpc) is 3.62. The van der Waals surface area contributed by atoms with E-state index in [-0.39, 0.29) is 17.7 Å². The molecular formula is C29H26N4O4. The lowest BCUT2D eigenvalue weighted by molar-refractivity contribution is -0.122. The lowest BCUT2D eigenvalue weighted by atomic mass is 9.96. The van der Waals surface area contributed by atoms with Gasteiger partial charge in [0.25, 0.3) is 11.8 Å². The molecule has 0 saturated carbocycles. The van der Waals surface area contributed by atoms with Crippen molar-refractivity contribution >= 4 is 17.5 Å². The number of amides is 2. The number of fused-ring (bicyclic) bond motifs is 1. The molecule has 0 spiro atoms. The Bertz CT molecular complexity index is 1400. The summed E-state index contributed by atoms with van der Waals surface area (Å²) in [7, 11) is 0. The molecule has 1 saturated heterocycles. The third-order valence-corrected chi connectivity index (χ3v) is 6.92. The maximum Gasteiger partial charge on any atom is 0.265 e. The standard InChI is InChI=1S/C29H26N4O4/c34-27(25-18-21-9-4-5-12-24(21)36-25)30-23-11-6-10-22(17-23)29(35)33-15-13-20(14-16-33)28-31-26(32-37-28)19-7-2-1-3-8-19/h1-12,17,20,25H,13-16,18H2,(H,30,34). The van der Waals surface area contributed by atoms with Crippen molar-refractivity contribution < 1.29 is 18.8 Å². The van der Waals surface area contributed by atoms with Crippen molar-refractivity contribution in [2.45, 2.75) is 31.3 Å². The number of aromatic nitrogens is 2. The molecule has 8 heteroatoms. The van der Waals surface area contributed by atoms with E-state index in [0.717, 1.165) is 29.7 Å². The molecule has 2 aliphatic heterocycles. The molecule has 6 rings (SSSR count). The fourth-order valence-corrected chi connectivity index (χ4v) is 4.90. The molecule has 1 fully saturated rings. The van der Waals surface area contributed by atoms with Crippen molar-refractivity contribution in [2.75, 3.05) is 18.4 Å². The van der Waals surface area contributed by atoms with Gasteiger partial charge in [-0.1, -0.05) is 59.8 Å². The van der Waals surface area contributed by atoms with Gasteiger partial charge in [0.15, 0.2) is 6.10 Å². The van der Waals surface area contributed by atoms with E-state index < -0.39 is 6.10 Å². The van der Waals surface area contributed by atoms with Crippen molar-refractivity contribution in [1.82, 2.24) is 15.0 Å². The van der Waals surface area contributed by atoms with E-state index in [0.29, 0.717) is 42.5 Å². The number of hydrogen-bond acceptors (Lipinski definition) is 6. The molecule has 0 aliphatic carbocycles. The predicted molar refractivity (Wildman–Crippen MR) is 137 cm³/mol. The Morgan fingerprint density at radius 1 is 0.919 bits per heavy atom. The second kappa shape index (κ2) is 9.89. The molecule has 4 aromatic rings. The van der Waals surface area contributed by atoms with Crippen LogP contribution < -0.4 is 10.1 Å². The molecule has 3 aromatic carbocycles. The first-order chi connectivity index (χ1) is 18.1. The molecule has 37 heavy (non-hydrogen) atoms. The summed E-state index contributed by atoms with van der Waals surface area (Å²) in [5.74, 6) is 1.78. The Kier molecular flexibility index (Phi) is 6.14. The first-order valence-electron chi connectivity index (χ1n) is 12.5. The number of para-hydroxylation sites is 1. The van der Waals surface area contributed by atoms with Gasteiger partial charge in [0, 0.05) is 42.2 Å². The minimum atomic E-state index is -0.581. The number of anilines is 1. The number of hydrogen-bond donors (Lipinski definition) is 1. The second-order valence-corrected chi connectivity index (χ2v) is 9.38. The zero-order chi connectivity index (χ0) is 25.2. The van der Waals surface area contributed by atoms with Crippen LogP contribution in [0.1, 0.15) is 40.6 Å². The van der Waals surface area contributed by atoms with Crippen LogP contribution in [0.5, 0.6) is 5.75 Å². The van der Waals surface area contributed by atoms with Crippen LogP contribution in [0.25, 0.3) is 11.4 Å². The summed E-state index contributed by atoms with van der Waals surface area (Å²) in [5, 5.41) is 7.03. The van der Waals surface area contributed by atoms with Crippen LogP contribution in [0.4, 0.5) is 5.69 Å². The Labute approximate surface area is 214 Å². The molecule has 8 nitrogen and oxygen atoms in total. The molecule has 2 aliphatic rings. The second-order valence-electron chi connectivity index (χ2n) is 9.38. The fraction of sp³-hybridized carbons (Fsp3) is 0.241. The normalized spacial score (nSPS) is 17.2. The van der Waals surface area contributed by atoms with Gasteiger partial charge in [-0.15, -0.1) is 0 Å². The van der Waals surface area contributed by atoms with Crippen molar-refractivity contribution in [1.29, 1.82) is 0 Å². The zero-order valence-electron chi connectivity index (χ0n) is 20.2. The lowest BCUT2D eigenvalue weighted by Crippen LogP contribution is -2.38. The highest BCUT2D eigenvalue weighted by Crippen LogP contribution is 2.30. The quantitative estimate of drug-likeness (QED) is 0.432. The number of ether oxygens (including phenoxy) is 1. The fourth-order valence-electron chi connectivity index (χ4n) is 4.90. The zero-order valence-corrected chi connectivity index (χ0v) is 20.2. The first-order valence-corrected chi connectivity index (χ1v) is 12.5. The number of benzene rings is 3. The van der Waals surface area contributed by atoms with Crippen LogP contribution in [-0.4, -0.2) is 46.0 Å². The van der Waals surface area contributed by atoms with Gasteiger partial charge in [-0.05, 0) is 42.7 Å². The number of carbonyl (C=O) groups is 2. The molecule has 0 bridgehead atoms. The van der Waals surface area contributed by atoms with Crippen LogP contribution >= 0.6 is 0 Å². The molecule has 2 amide bonds. The number of piperidine rings is 1. The lowest BCUT2D eigenvalue weighted by Gasteiger charge is -2.30. The summed E-state index contributed by atoms with van der Waals surface area (Å²) in [6.07, 6.45) is 1.45. The highest BCUT2D eigenvalue weighted by molar-refractivity contribution is 5.98. The van der Waals surface area contributed by atoms with Crippen LogP contribution in [0.15, 0.2) is 83.4 Å². The third kappa shape index (κ3) is 4.82. The molecule has 1 unspecified atom stereocenters. The van der Waals surface area contributed by atoms with E-state index in [2.05, 4.69) is 15.5 Å². The van der Waals surface area contributed by atoms with Gasteiger partial charge in [-0.2, -0.15) is 4.98 Å². The summed E-state index contributed by atoms with van der Waals surface area (Å²) < 4.78 is 11.3. The molecule has 1 atom stereocenters. The highest BCUT2D eigenvalue weighted by atomic mass is 16.5. The molecule has 3 heterocycles. The Balaban J connectivity index is 1.06. The van der Waals surface area contributed by atoms with Crippen LogP contribution in [0.3, 0.4) is 0 Å². The van der Waals surface area contributed by atoms with Crippen LogP contribution in [0.2, 0.25) is 0 Å². The van der Waals surface area contributed by atoms with Crippen molar-refractivity contribution in [3.05, 3.63) is 95.9 Å². The smallest absolute Gasteiger partial charge is 0.265 e. The maximum absolute atomic E-state index is 13.2. The Morgan fingerprint density at radius 2 is 1.70 bits per heavy atom. The highest BCUT2D eigenvalue weighted by Gasteiger charge is 2.30. The van der Waals surface area contributed by atoms with E-state index in [1.54, 1.807) is 24.3 Å². The van der Waals surface area contributed by atoms with E-state index in [9.17, 15) is 9.59 Å². The number of nitrogens with one attached hydrogen (secondary N) is 1. The van der Waals surface area contributed by atoms with Gasteiger partial charge in [0.05, 0.1) is 0 Å². The summed E-state index contributed by atoms with van der Waals surface area (Å²) in [5.41, 5.74) is 3.05. The van der Waals surface area contributed by atoms with Crippen molar-refractivity contribution in [3.8, 4) is 17.1 Å². The van der Waals surface area contributed by atoms with Gasteiger partial charge < -0.3 is 19.5 Å².